The van der Waals surface area contributed by atoms with E-state index in [0.29, 0.717) is 6.10 Å². The molecule has 0 radical (unpaired) electrons. The van der Waals surface area contributed by atoms with Gasteiger partial charge in [-0.05, 0) is 59.2 Å². The van der Waals surface area contributed by atoms with Crippen molar-refractivity contribution in [2.24, 2.45) is 4.99 Å². The summed E-state index contributed by atoms with van der Waals surface area (Å²) in [5, 5.41) is 3.45. The lowest BCUT2D eigenvalue weighted by Crippen LogP contribution is -2.47. The van der Waals surface area contributed by atoms with Crippen molar-refractivity contribution in [1.82, 2.24) is 15.1 Å². The minimum atomic E-state index is 0.438. The second-order valence-corrected chi connectivity index (χ2v) is 6.11. The molecule has 0 aromatic heterocycles. The van der Waals surface area contributed by atoms with Crippen molar-refractivity contribution in [3.8, 4) is 0 Å². The van der Waals surface area contributed by atoms with Gasteiger partial charge in [0.05, 0.1) is 6.10 Å². The van der Waals surface area contributed by atoms with E-state index in [2.05, 4.69) is 42.8 Å². The number of hydrogen-bond donors (Lipinski definition) is 1. The number of nitrogens with zero attached hydrogens (tertiary/aromatic N) is 3. The van der Waals surface area contributed by atoms with Gasteiger partial charge in [0.25, 0.3) is 0 Å². The molecule has 1 rings (SSSR count). The number of guanidine groups is 1. The van der Waals surface area contributed by atoms with Gasteiger partial charge in [0.15, 0.2) is 5.96 Å². The summed E-state index contributed by atoms with van der Waals surface area (Å²) in [6, 6.07) is 0. The number of unbranched alkanes of at least 4 members (excludes halogenated alkanes) is 1. The lowest BCUT2D eigenvalue weighted by atomic mass is 10.1. The maximum absolute atomic E-state index is 5.74. The maximum atomic E-state index is 5.74. The van der Waals surface area contributed by atoms with Crippen molar-refractivity contribution >= 4 is 5.96 Å². The van der Waals surface area contributed by atoms with E-state index in [1.807, 2.05) is 0 Å². The first-order chi connectivity index (χ1) is 11.2. The number of nitrogens with one attached hydrogen (secondary N) is 1. The zero-order valence-corrected chi connectivity index (χ0v) is 15.8. The zero-order valence-electron chi connectivity index (χ0n) is 15.8. The largest absolute Gasteiger partial charge is 0.378 e. The van der Waals surface area contributed by atoms with Crippen LogP contribution >= 0.6 is 0 Å². The van der Waals surface area contributed by atoms with Crippen LogP contribution in [-0.2, 0) is 4.74 Å². The average Bonchev–Trinajstić information content (AvgIpc) is 2.58. The SMILES string of the molecule is CCNC(=NCCCCN(CC)CC)N1CCC(OCC)CC1. The highest BCUT2D eigenvalue weighted by Gasteiger charge is 2.21. The lowest BCUT2D eigenvalue weighted by molar-refractivity contribution is 0.0264. The van der Waals surface area contributed by atoms with Crippen molar-refractivity contribution in [3.05, 3.63) is 0 Å². The highest BCUT2D eigenvalue weighted by Crippen LogP contribution is 2.13. The molecule has 0 spiro atoms. The van der Waals surface area contributed by atoms with Crippen LogP contribution in [0.3, 0.4) is 0 Å². The summed E-state index contributed by atoms with van der Waals surface area (Å²) in [6.45, 7) is 17.0. The summed E-state index contributed by atoms with van der Waals surface area (Å²) in [7, 11) is 0. The predicted molar refractivity (Wildman–Crippen MR) is 99.2 cm³/mol. The normalized spacial score (nSPS) is 17.1. The number of hydrogen-bond acceptors (Lipinski definition) is 3. The molecule has 0 aromatic rings. The smallest absolute Gasteiger partial charge is 0.193 e. The Morgan fingerprint density at radius 3 is 2.39 bits per heavy atom. The quantitative estimate of drug-likeness (QED) is 0.380. The van der Waals surface area contributed by atoms with Crippen LogP contribution in [0.4, 0.5) is 0 Å². The summed E-state index contributed by atoms with van der Waals surface area (Å²) in [6.07, 6.45) is 5.06. The highest BCUT2D eigenvalue weighted by atomic mass is 16.5. The first-order valence-corrected chi connectivity index (χ1v) is 9.62. The highest BCUT2D eigenvalue weighted by molar-refractivity contribution is 5.80. The molecule has 1 fully saturated rings. The van der Waals surface area contributed by atoms with Gasteiger partial charge in [-0.1, -0.05) is 13.8 Å². The van der Waals surface area contributed by atoms with Crippen molar-refractivity contribution in [2.75, 3.05) is 52.4 Å². The Morgan fingerprint density at radius 1 is 1.13 bits per heavy atom. The molecule has 0 unspecified atom stereocenters. The second kappa shape index (κ2) is 12.6. The molecule has 136 valence electrons. The Hall–Kier alpha value is -0.810. The minimum Gasteiger partial charge on any atom is -0.378 e. The van der Waals surface area contributed by atoms with E-state index < -0.39 is 0 Å². The van der Waals surface area contributed by atoms with Gasteiger partial charge in [-0.2, -0.15) is 0 Å². The number of aliphatic imine (C=N–C) groups is 1. The molecule has 0 amide bonds. The number of rotatable bonds is 10. The van der Waals surface area contributed by atoms with Crippen LogP contribution in [0.5, 0.6) is 0 Å². The van der Waals surface area contributed by atoms with Crippen molar-refractivity contribution in [2.45, 2.75) is 59.5 Å². The zero-order chi connectivity index (χ0) is 16.9. The first-order valence-electron chi connectivity index (χ1n) is 9.62. The fourth-order valence-electron chi connectivity index (χ4n) is 3.07. The van der Waals surface area contributed by atoms with Crippen LogP contribution in [0.2, 0.25) is 0 Å². The van der Waals surface area contributed by atoms with E-state index in [1.54, 1.807) is 0 Å². The third kappa shape index (κ3) is 8.02. The summed E-state index contributed by atoms with van der Waals surface area (Å²) in [4.78, 5) is 9.70. The number of piperidine rings is 1. The third-order valence-electron chi connectivity index (χ3n) is 4.52. The summed E-state index contributed by atoms with van der Waals surface area (Å²) < 4.78 is 5.74. The van der Waals surface area contributed by atoms with Gasteiger partial charge in [0, 0.05) is 32.8 Å². The molecule has 1 heterocycles. The van der Waals surface area contributed by atoms with Gasteiger partial charge < -0.3 is 19.9 Å². The summed E-state index contributed by atoms with van der Waals surface area (Å²) >= 11 is 0. The van der Waals surface area contributed by atoms with Crippen LogP contribution in [0.25, 0.3) is 0 Å². The van der Waals surface area contributed by atoms with Crippen molar-refractivity contribution in [1.29, 1.82) is 0 Å². The second-order valence-electron chi connectivity index (χ2n) is 6.11. The Morgan fingerprint density at radius 2 is 1.83 bits per heavy atom. The van der Waals surface area contributed by atoms with Crippen LogP contribution in [0.1, 0.15) is 53.4 Å². The van der Waals surface area contributed by atoms with E-state index in [4.69, 9.17) is 9.73 Å². The Balaban J connectivity index is 2.33. The van der Waals surface area contributed by atoms with Crippen LogP contribution in [-0.4, -0.2) is 74.3 Å². The molecule has 0 saturated carbocycles. The van der Waals surface area contributed by atoms with E-state index in [1.165, 1.54) is 19.4 Å². The molecule has 0 aliphatic carbocycles. The summed E-state index contributed by atoms with van der Waals surface area (Å²) in [5.74, 6) is 1.09. The minimum absolute atomic E-state index is 0.438. The van der Waals surface area contributed by atoms with Gasteiger partial charge >= 0.3 is 0 Å². The molecule has 0 aromatic carbocycles. The van der Waals surface area contributed by atoms with Crippen molar-refractivity contribution < 1.29 is 4.74 Å². The van der Waals surface area contributed by atoms with Gasteiger partial charge in [-0.3, -0.25) is 4.99 Å². The number of likely N-dealkylation sites (tertiary alicyclic amines) is 1. The molecular formula is C18H38N4O. The fraction of sp³-hybridized carbons (Fsp3) is 0.944. The van der Waals surface area contributed by atoms with Gasteiger partial charge in [-0.15, -0.1) is 0 Å². The molecule has 5 nitrogen and oxygen atoms in total. The Kier molecular flexibility index (Phi) is 11.1. The first kappa shape index (κ1) is 20.2. The van der Waals surface area contributed by atoms with Crippen molar-refractivity contribution in [3.63, 3.8) is 0 Å². The van der Waals surface area contributed by atoms with Crippen LogP contribution < -0.4 is 5.32 Å². The molecular weight excluding hydrogens is 288 g/mol. The van der Waals surface area contributed by atoms with E-state index in [-0.39, 0.29) is 0 Å². The lowest BCUT2D eigenvalue weighted by Gasteiger charge is -2.34. The topological polar surface area (TPSA) is 40.1 Å². The predicted octanol–water partition coefficient (Wildman–Crippen LogP) is 2.57. The molecule has 1 N–H and O–H groups in total. The Labute approximate surface area is 143 Å². The third-order valence-corrected chi connectivity index (χ3v) is 4.52. The van der Waals surface area contributed by atoms with E-state index in [9.17, 15) is 0 Å². The fourth-order valence-corrected chi connectivity index (χ4v) is 3.07. The molecule has 0 atom stereocenters. The average molecular weight is 327 g/mol. The van der Waals surface area contributed by atoms with Crippen LogP contribution in [0, 0.1) is 0 Å². The molecule has 1 aliphatic rings. The van der Waals surface area contributed by atoms with Gasteiger partial charge in [-0.25, -0.2) is 0 Å². The summed E-state index contributed by atoms with van der Waals surface area (Å²) in [5.41, 5.74) is 0. The van der Waals surface area contributed by atoms with Gasteiger partial charge in [0.1, 0.15) is 0 Å². The molecule has 0 bridgehead atoms. The Bertz CT molecular complexity index is 310. The van der Waals surface area contributed by atoms with E-state index in [0.717, 1.165) is 64.7 Å². The molecule has 23 heavy (non-hydrogen) atoms. The monoisotopic (exact) mass is 326 g/mol. The molecule has 1 aliphatic heterocycles. The number of ether oxygens (including phenoxy) is 1. The van der Waals surface area contributed by atoms with Crippen LogP contribution in [0.15, 0.2) is 4.99 Å². The standard InChI is InChI=1S/C18H38N4O/c1-5-19-18(20-13-9-10-14-21(6-2)7-3)22-15-11-17(12-16-22)23-8-4/h17H,5-16H2,1-4H3,(H,19,20). The van der Waals surface area contributed by atoms with Gasteiger partial charge in [0.2, 0.25) is 0 Å². The maximum Gasteiger partial charge on any atom is 0.193 e. The molecule has 5 heteroatoms. The molecule has 1 saturated heterocycles. The van der Waals surface area contributed by atoms with E-state index >= 15 is 0 Å².